The summed E-state index contributed by atoms with van der Waals surface area (Å²) < 4.78 is 39.0. The van der Waals surface area contributed by atoms with Crippen molar-refractivity contribution in [2.75, 3.05) is 0 Å². The molecule has 0 nitrogen and oxygen atoms in total. The molecule has 0 aliphatic carbocycles. The van der Waals surface area contributed by atoms with E-state index in [-0.39, 0.29) is 32.5 Å². The van der Waals surface area contributed by atoms with E-state index in [0.717, 1.165) is 0 Å². The summed E-state index contributed by atoms with van der Waals surface area (Å²) in [5, 5.41) is 0. The van der Waals surface area contributed by atoms with Gasteiger partial charge in [0, 0.05) is 31.1 Å². The van der Waals surface area contributed by atoms with Gasteiger partial charge in [0.25, 0.3) is 0 Å². The van der Waals surface area contributed by atoms with Gasteiger partial charge in [0.2, 0.25) is 0 Å². The van der Waals surface area contributed by atoms with Gasteiger partial charge in [0.1, 0.15) is 0 Å². The van der Waals surface area contributed by atoms with E-state index < -0.39 is 7.25 Å². The Bertz CT molecular complexity index is 27.2. The van der Waals surface area contributed by atoms with E-state index in [4.69, 9.17) is 0 Å². The maximum absolute atomic E-state index is 9.75. The first-order valence-corrected chi connectivity index (χ1v) is 0.873. The second kappa shape index (κ2) is 2.92. The molecule has 0 aromatic heterocycles. The van der Waals surface area contributed by atoms with Gasteiger partial charge < -0.3 is 17.3 Å². The fourth-order valence-corrected chi connectivity index (χ4v) is 0. The van der Waals surface area contributed by atoms with Crippen molar-refractivity contribution in [1.82, 2.24) is 0 Å². The molecule has 0 rings (SSSR count). The number of hydrogen-bond donors (Lipinski definition) is 0. The summed E-state index contributed by atoms with van der Waals surface area (Å²) in [5.74, 6) is 0. The molecule has 0 heterocycles. The fraction of sp³-hybridized carbons (Fsp3) is 0. The van der Waals surface area contributed by atoms with Gasteiger partial charge in [-0.15, -0.1) is 0 Å². The van der Waals surface area contributed by atoms with Crippen molar-refractivity contribution in [3.63, 3.8) is 0 Å². The smallest absolute Gasteiger partial charge is 0.418 e. The van der Waals surface area contributed by atoms with E-state index in [1.165, 1.54) is 0 Å². The number of hydrogen-bond acceptors (Lipinski definition) is 0. The Hall–Kier alpha value is 0.837. The van der Waals surface area contributed by atoms with Crippen LogP contribution in [-0.4, -0.2) is 7.25 Å². The summed E-state index contributed by atoms with van der Waals surface area (Å²) >= 11 is 0. The average molecular weight is 326 g/mol. The quantitative estimate of drug-likeness (QED) is 0.467. The Morgan fingerprint density at radius 1 is 1.00 bits per heavy atom. The maximum Gasteiger partial charge on any atom is 1.00 e. The molecule has 0 N–H and O–H groups in total. The van der Waals surface area contributed by atoms with Crippen LogP contribution in [0, 0.1) is 31.1 Å². The topological polar surface area (TPSA) is 0 Å². The normalized spacial score (nSPS) is 10.0. The van der Waals surface area contributed by atoms with Crippen molar-refractivity contribution in [2.45, 2.75) is 0 Å². The third-order valence-corrected chi connectivity index (χ3v) is 0. The van der Waals surface area contributed by atoms with E-state index in [1.54, 1.807) is 0 Å². The zero-order valence-electron chi connectivity index (χ0n) is 3.59. The van der Waals surface area contributed by atoms with Crippen molar-refractivity contribution in [3.05, 3.63) is 0 Å². The third-order valence-electron chi connectivity index (χ3n) is 0. The van der Waals surface area contributed by atoms with Crippen molar-refractivity contribution in [1.29, 1.82) is 0 Å². The molecular formula is HBF4U. The standard InChI is InChI=1S/BF4.U/c2-1(3,4)5;/q-1;/p+1. The van der Waals surface area contributed by atoms with Crippen molar-refractivity contribution >= 4 is 7.25 Å². The van der Waals surface area contributed by atoms with Crippen molar-refractivity contribution in [2.24, 2.45) is 0 Å². The van der Waals surface area contributed by atoms with E-state index in [2.05, 4.69) is 0 Å². The number of halogens is 4. The van der Waals surface area contributed by atoms with Gasteiger partial charge in [-0.3, -0.25) is 0 Å². The predicted octanol–water partition coefficient (Wildman–Crippen LogP) is 1.41. The van der Waals surface area contributed by atoms with Crippen LogP contribution in [0.25, 0.3) is 0 Å². The van der Waals surface area contributed by atoms with E-state index in [0.29, 0.717) is 0 Å². The molecule has 36 valence electrons. The van der Waals surface area contributed by atoms with E-state index in [1.807, 2.05) is 0 Å². The molecule has 0 unspecified atom stereocenters. The molecule has 0 atom stereocenters. The molecule has 0 aliphatic heterocycles. The van der Waals surface area contributed by atoms with Crippen LogP contribution < -0.4 is 0 Å². The van der Waals surface area contributed by atoms with Gasteiger partial charge in [-0.05, 0) is 0 Å². The summed E-state index contributed by atoms with van der Waals surface area (Å²) in [6, 6.07) is 0. The van der Waals surface area contributed by atoms with Gasteiger partial charge in [-0.2, -0.15) is 0 Å². The molecule has 0 fully saturated rings. The Labute approximate surface area is 57.3 Å². The Morgan fingerprint density at radius 2 is 1.00 bits per heavy atom. The summed E-state index contributed by atoms with van der Waals surface area (Å²) in [4.78, 5) is 0. The maximum atomic E-state index is 9.75. The first-order valence-electron chi connectivity index (χ1n) is 0.873. The monoisotopic (exact) mass is 326 g/mol. The minimum absolute atomic E-state index is 0. The Morgan fingerprint density at radius 3 is 1.00 bits per heavy atom. The molecule has 6 heteroatoms. The van der Waals surface area contributed by atoms with E-state index >= 15 is 0 Å². The molecule has 0 saturated carbocycles. The minimum Gasteiger partial charge on any atom is -0.418 e. The molecule has 0 aromatic rings. The summed E-state index contributed by atoms with van der Waals surface area (Å²) in [6.45, 7) is 0. The summed E-state index contributed by atoms with van der Waals surface area (Å²) in [7, 11) is -6.00. The van der Waals surface area contributed by atoms with Gasteiger partial charge in [0.05, 0.1) is 0 Å². The molecule has 0 radical (unpaired) electrons. The van der Waals surface area contributed by atoms with Crippen LogP contribution in [0.3, 0.4) is 0 Å². The molecule has 6 heavy (non-hydrogen) atoms. The second-order valence-electron chi connectivity index (χ2n) is 0.495. The van der Waals surface area contributed by atoms with Crippen LogP contribution in [0.4, 0.5) is 17.3 Å². The van der Waals surface area contributed by atoms with Crippen LogP contribution in [0.15, 0.2) is 0 Å². The molecule has 0 amide bonds. The van der Waals surface area contributed by atoms with Crippen LogP contribution in [0.5, 0.6) is 0 Å². The van der Waals surface area contributed by atoms with Gasteiger partial charge in [-0.1, -0.05) is 0 Å². The largest absolute Gasteiger partial charge is 1.00 e. The molecular weight excluding hydrogens is 325 g/mol. The Balaban J connectivity index is -0.0000000800. The summed E-state index contributed by atoms with van der Waals surface area (Å²) in [5.41, 5.74) is 0. The van der Waals surface area contributed by atoms with Crippen molar-refractivity contribution in [3.8, 4) is 0 Å². The number of rotatable bonds is 0. The van der Waals surface area contributed by atoms with Crippen molar-refractivity contribution < 1.29 is 49.8 Å². The van der Waals surface area contributed by atoms with Crippen LogP contribution >= 0.6 is 0 Å². The van der Waals surface area contributed by atoms with Gasteiger partial charge in [-0.25, -0.2) is 0 Å². The zero-order chi connectivity index (χ0) is 4.50. The summed E-state index contributed by atoms with van der Waals surface area (Å²) in [6.07, 6.45) is 0. The molecule has 0 aliphatic rings. The SMILES string of the molecule is F[B-](F)(F)F.[H+].[U]. The Kier molecular flexibility index (Phi) is 4.85. The van der Waals surface area contributed by atoms with Gasteiger partial charge >= 0.3 is 8.68 Å². The molecule has 0 aromatic carbocycles. The van der Waals surface area contributed by atoms with Crippen LogP contribution in [0.1, 0.15) is 1.43 Å². The minimum atomic E-state index is -6.00. The van der Waals surface area contributed by atoms with E-state index in [9.17, 15) is 17.3 Å². The molecule has 0 spiro atoms. The predicted molar refractivity (Wildman–Crippen MR) is 11.3 cm³/mol. The molecule has 0 saturated heterocycles. The fourth-order valence-electron chi connectivity index (χ4n) is 0. The van der Waals surface area contributed by atoms with Crippen LogP contribution in [0.2, 0.25) is 0 Å². The first kappa shape index (κ1) is 9.96. The average Bonchev–Trinajstić information content (AvgIpc) is 0.722. The molecule has 0 bridgehead atoms. The first-order chi connectivity index (χ1) is 2.00. The van der Waals surface area contributed by atoms with Gasteiger partial charge in [0.15, 0.2) is 0 Å². The van der Waals surface area contributed by atoms with Crippen LogP contribution in [-0.2, 0) is 0 Å². The second-order valence-corrected chi connectivity index (χ2v) is 0.495. The zero-order valence-corrected chi connectivity index (χ0v) is 6.75. The third kappa shape index (κ3) is 102.